The summed E-state index contributed by atoms with van der Waals surface area (Å²) in [5.74, 6) is 0.126. The number of para-hydroxylation sites is 1. The molecule has 1 heterocycles. The van der Waals surface area contributed by atoms with Crippen LogP contribution in [-0.4, -0.2) is 39.6 Å². The fourth-order valence-electron chi connectivity index (χ4n) is 4.45. The largest absolute Gasteiger partial charge is 0.329 e. The molecule has 0 aliphatic heterocycles. The first kappa shape index (κ1) is 25.0. The van der Waals surface area contributed by atoms with Gasteiger partial charge in [0.2, 0.25) is 5.91 Å². The summed E-state index contributed by atoms with van der Waals surface area (Å²) in [4.78, 5) is 28.4. The Balaban J connectivity index is 1.40. The number of nitrogens with one attached hydrogen (secondary N) is 1. The van der Waals surface area contributed by atoms with Gasteiger partial charge in [-0.15, -0.1) is 0 Å². The Bertz CT molecular complexity index is 1540. The van der Waals surface area contributed by atoms with Crippen LogP contribution in [0.15, 0.2) is 109 Å². The minimum Gasteiger partial charge on any atom is -0.329 e. The van der Waals surface area contributed by atoms with Crippen LogP contribution in [0.2, 0.25) is 0 Å². The molecule has 0 saturated heterocycles. The summed E-state index contributed by atoms with van der Waals surface area (Å²) < 4.78 is 1.72. The Morgan fingerprint density at radius 3 is 2.24 bits per heavy atom. The van der Waals surface area contributed by atoms with Gasteiger partial charge in [0.25, 0.3) is 5.91 Å². The van der Waals surface area contributed by atoms with Crippen LogP contribution in [0.1, 0.15) is 30.1 Å². The smallest absolute Gasteiger partial charge is 0.254 e. The average Bonchev–Trinajstić information content (AvgIpc) is 3.39. The van der Waals surface area contributed by atoms with Crippen molar-refractivity contribution < 1.29 is 9.59 Å². The normalized spacial score (nSPS) is 10.9. The van der Waals surface area contributed by atoms with E-state index in [1.165, 1.54) is 0 Å². The van der Waals surface area contributed by atoms with Crippen molar-refractivity contribution in [1.82, 2.24) is 14.7 Å². The van der Waals surface area contributed by atoms with Crippen molar-refractivity contribution in [3.05, 3.63) is 115 Å². The van der Waals surface area contributed by atoms with Gasteiger partial charge >= 0.3 is 0 Å². The van der Waals surface area contributed by atoms with E-state index >= 15 is 0 Å². The highest BCUT2D eigenvalue weighted by Crippen LogP contribution is 2.25. The highest BCUT2D eigenvalue weighted by molar-refractivity contribution is 6.01. The summed E-state index contributed by atoms with van der Waals surface area (Å²) in [6.45, 7) is 2.53. The lowest BCUT2D eigenvalue weighted by Crippen LogP contribution is -2.39. The summed E-state index contributed by atoms with van der Waals surface area (Å²) in [6.07, 6.45) is 1.73. The maximum Gasteiger partial charge on any atom is 0.254 e. The minimum atomic E-state index is -0.271. The summed E-state index contributed by atoms with van der Waals surface area (Å²) in [5.41, 5.74) is 3.11. The zero-order valence-electron chi connectivity index (χ0n) is 21.4. The number of nitrogens with zero attached hydrogens (tertiary/aromatic N) is 3. The summed E-state index contributed by atoms with van der Waals surface area (Å²) in [5, 5.41) is 9.85. The SMILES string of the molecule is CCCCN(CC(=O)Nc1cc(-c2ccccc2)nn1-c1ccccc1)C(=O)c1ccc2ccccc2c1. The number of amides is 2. The summed E-state index contributed by atoms with van der Waals surface area (Å²) in [7, 11) is 0. The van der Waals surface area contributed by atoms with Gasteiger partial charge in [-0.1, -0.05) is 92.2 Å². The van der Waals surface area contributed by atoms with Crippen molar-refractivity contribution in [3.8, 4) is 16.9 Å². The number of aromatic nitrogens is 2. The zero-order valence-corrected chi connectivity index (χ0v) is 21.4. The van der Waals surface area contributed by atoms with Crippen molar-refractivity contribution in [2.24, 2.45) is 0 Å². The molecular formula is C32H30N4O2. The van der Waals surface area contributed by atoms with Gasteiger partial charge in [-0.25, -0.2) is 4.68 Å². The van der Waals surface area contributed by atoms with E-state index < -0.39 is 0 Å². The number of carbonyl (C=O) groups is 2. The quantitative estimate of drug-likeness (QED) is 0.248. The molecule has 6 heteroatoms. The standard InChI is InChI=1S/C32H30N4O2/c1-2-3-20-35(32(38)27-19-18-24-12-10-11-15-26(24)21-27)23-31(37)33-30-22-29(25-13-6-4-7-14-25)34-36(30)28-16-8-5-9-17-28/h4-19,21-22H,2-3,20,23H2,1H3,(H,33,37). The fraction of sp³-hybridized carbons (Fsp3) is 0.156. The first-order valence-electron chi connectivity index (χ1n) is 12.9. The van der Waals surface area contributed by atoms with Crippen LogP contribution < -0.4 is 5.32 Å². The lowest BCUT2D eigenvalue weighted by Gasteiger charge is -2.22. The molecule has 38 heavy (non-hydrogen) atoms. The molecule has 0 fully saturated rings. The van der Waals surface area contributed by atoms with E-state index in [4.69, 9.17) is 5.10 Å². The van der Waals surface area contributed by atoms with E-state index in [9.17, 15) is 9.59 Å². The Morgan fingerprint density at radius 2 is 1.50 bits per heavy atom. The first-order chi connectivity index (χ1) is 18.6. The molecule has 0 unspecified atom stereocenters. The maximum atomic E-state index is 13.5. The van der Waals surface area contributed by atoms with Gasteiger partial charge in [0, 0.05) is 23.7 Å². The molecule has 0 bridgehead atoms. The molecule has 2 amide bonds. The second kappa shape index (κ2) is 11.6. The molecule has 0 spiro atoms. The van der Waals surface area contributed by atoms with E-state index in [0.29, 0.717) is 17.9 Å². The van der Waals surface area contributed by atoms with Gasteiger partial charge in [0.15, 0.2) is 0 Å². The maximum absolute atomic E-state index is 13.5. The van der Waals surface area contributed by atoms with E-state index in [2.05, 4.69) is 12.2 Å². The number of unbranched alkanes of at least 4 members (excludes halogenated alkanes) is 1. The molecule has 0 aliphatic carbocycles. The molecule has 0 saturated carbocycles. The van der Waals surface area contributed by atoms with Gasteiger partial charge in [-0.2, -0.15) is 5.10 Å². The number of benzene rings is 4. The summed E-state index contributed by atoms with van der Waals surface area (Å²) >= 11 is 0. The van der Waals surface area contributed by atoms with Crippen LogP contribution in [0.25, 0.3) is 27.7 Å². The predicted molar refractivity (Wildman–Crippen MR) is 152 cm³/mol. The van der Waals surface area contributed by atoms with Crippen LogP contribution >= 0.6 is 0 Å². The van der Waals surface area contributed by atoms with E-state index in [1.54, 1.807) is 9.58 Å². The van der Waals surface area contributed by atoms with Crippen LogP contribution in [0.4, 0.5) is 5.82 Å². The van der Waals surface area contributed by atoms with Crippen LogP contribution in [0.5, 0.6) is 0 Å². The third-order valence-corrected chi connectivity index (χ3v) is 6.45. The summed E-state index contributed by atoms with van der Waals surface area (Å²) in [6, 6.07) is 35.0. The number of hydrogen-bond donors (Lipinski definition) is 1. The highest BCUT2D eigenvalue weighted by Gasteiger charge is 2.21. The number of rotatable bonds is 9. The third-order valence-electron chi connectivity index (χ3n) is 6.45. The van der Waals surface area contributed by atoms with Crippen molar-refractivity contribution in [1.29, 1.82) is 0 Å². The second-order valence-electron chi connectivity index (χ2n) is 9.22. The molecular weight excluding hydrogens is 472 g/mol. The van der Waals surface area contributed by atoms with Crippen LogP contribution in [0, 0.1) is 0 Å². The lowest BCUT2D eigenvalue weighted by molar-refractivity contribution is -0.116. The van der Waals surface area contributed by atoms with Crippen LogP contribution in [-0.2, 0) is 4.79 Å². The molecule has 0 radical (unpaired) electrons. The van der Waals surface area contributed by atoms with Crippen molar-refractivity contribution >= 4 is 28.4 Å². The van der Waals surface area contributed by atoms with Crippen molar-refractivity contribution in [3.63, 3.8) is 0 Å². The monoisotopic (exact) mass is 502 g/mol. The fourth-order valence-corrected chi connectivity index (χ4v) is 4.45. The average molecular weight is 503 g/mol. The van der Waals surface area contributed by atoms with Crippen LogP contribution in [0.3, 0.4) is 0 Å². The minimum absolute atomic E-state index is 0.0493. The molecule has 5 rings (SSSR count). The van der Waals surface area contributed by atoms with Gasteiger partial charge in [-0.05, 0) is 41.5 Å². The molecule has 6 nitrogen and oxygen atoms in total. The molecule has 5 aromatic rings. The number of anilines is 1. The Labute approximate surface area is 222 Å². The van der Waals surface area contributed by atoms with Gasteiger partial charge < -0.3 is 10.2 Å². The van der Waals surface area contributed by atoms with E-state index in [0.717, 1.165) is 40.6 Å². The molecule has 1 aromatic heterocycles. The lowest BCUT2D eigenvalue weighted by atomic mass is 10.1. The number of hydrogen-bond acceptors (Lipinski definition) is 3. The Hall–Kier alpha value is -4.71. The predicted octanol–water partition coefficient (Wildman–Crippen LogP) is 6.57. The van der Waals surface area contributed by atoms with Gasteiger partial charge in [-0.3, -0.25) is 9.59 Å². The third kappa shape index (κ3) is 5.65. The zero-order chi connectivity index (χ0) is 26.3. The van der Waals surface area contributed by atoms with E-state index in [1.807, 2.05) is 109 Å². The van der Waals surface area contributed by atoms with Crippen molar-refractivity contribution in [2.45, 2.75) is 19.8 Å². The second-order valence-corrected chi connectivity index (χ2v) is 9.22. The Morgan fingerprint density at radius 1 is 0.816 bits per heavy atom. The molecule has 0 atom stereocenters. The van der Waals surface area contributed by atoms with Crippen molar-refractivity contribution in [2.75, 3.05) is 18.4 Å². The molecule has 1 N–H and O–H groups in total. The van der Waals surface area contributed by atoms with Gasteiger partial charge in [0.05, 0.1) is 11.4 Å². The van der Waals surface area contributed by atoms with E-state index in [-0.39, 0.29) is 18.4 Å². The number of fused-ring (bicyclic) bond motifs is 1. The molecule has 190 valence electrons. The highest BCUT2D eigenvalue weighted by atomic mass is 16.2. The number of carbonyl (C=O) groups excluding carboxylic acids is 2. The molecule has 4 aromatic carbocycles. The van der Waals surface area contributed by atoms with Gasteiger partial charge in [0.1, 0.15) is 12.4 Å². The Kier molecular flexibility index (Phi) is 7.59. The molecule has 0 aliphatic rings. The topological polar surface area (TPSA) is 67.2 Å². The first-order valence-corrected chi connectivity index (χ1v) is 12.9.